The van der Waals surface area contributed by atoms with Crippen molar-refractivity contribution in [2.24, 2.45) is 0 Å². The van der Waals surface area contributed by atoms with E-state index < -0.39 is 0 Å². The van der Waals surface area contributed by atoms with Crippen molar-refractivity contribution in [3.8, 4) is 0 Å². The summed E-state index contributed by atoms with van der Waals surface area (Å²) in [5.41, 5.74) is 3.12. The molecular weight excluding hydrogens is 216 g/mol. The molecule has 4 heteroatoms. The molecule has 0 saturated heterocycles. The van der Waals surface area contributed by atoms with Crippen molar-refractivity contribution in [3.63, 3.8) is 0 Å². The summed E-state index contributed by atoms with van der Waals surface area (Å²) in [6.45, 7) is 3.63. The van der Waals surface area contributed by atoms with E-state index in [4.69, 9.17) is 5.11 Å². The lowest BCUT2D eigenvalue weighted by molar-refractivity contribution is 0.0915. The van der Waals surface area contributed by atoms with Crippen LogP contribution in [0.3, 0.4) is 0 Å². The van der Waals surface area contributed by atoms with Crippen molar-refractivity contribution < 1.29 is 9.90 Å². The number of carbonyl (C=O) groups excluding carboxylic acids is 1. The molecule has 1 amide bonds. The number of aliphatic hydroxyl groups is 1. The summed E-state index contributed by atoms with van der Waals surface area (Å²) in [5, 5.41) is 15.1. The van der Waals surface area contributed by atoms with Gasteiger partial charge in [-0.25, -0.2) is 0 Å². The molecule has 0 aromatic heterocycles. The topological polar surface area (TPSA) is 61.4 Å². The summed E-state index contributed by atoms with van der Waals surface area (Å²) >= 11 is 0. The summed E-state index contributed by atoms with van der Waals surface area (Å²) in [5.74, 6) is -0.111. The smallest absolute Gasteiger partial charge is 0.251 e. The Balaban J connectivity index is 2.09. The number of fused-ring (bicyclic) bond motifs is 1. The number of nitrogens with one attached hydrogen (secondary N) is 2. The van der Waals surface area contributed by atoms with E-state index in [1.54, 1.807) is 0 Å². The average molecular weight is 234 g/mol. The first-order valence-corrected chi connectivity index (χ1v) is 5.98. The van der Waals surface area contributed by atoms with Gasteiger partial charge in [-0.05, 0) is 29.7 Å². The molecule has 1 aromatic rings. The Morgan fingerprint density at radius 2 is 2.24 bits per heavy atom. The second-order valence-electron chi connectivity index (χ2n) is 4.35. The van der Waals surface area contributed by atoms with E-state index in [9.17, 15) is 4.79 Å². The van der Waals surface area contributed by atoms with Crippen LogP contribution in [-0.4, -0.2) is 23.7 Å². The minimum atomic E-state index is -0.158. The number of aliphatic hydroxyl groups excluding tert-OH is 1. The lowest BCUT2D eigenvalue weighted by Crippen LogP contribution is -2.36. The lowest BCUT2D eigenvalue weighted by Gasteiger charge is -2.14. The summed E-state index contributed by atoms with van der Waals surface area (Å²) in [6, 6.07) is 5.60. The predicted molar refractivity (Wildman–Crippen MR) is 65.6 cm³/mol. The summed E-state index contributed by atoms with van der Waals surface area (Å²) in [6.07, 6.45) is 0.731. The van der Waals surface area contributed by atoms with Crippen LogP contribution in [-0.2, 0) is 13.1 Å². The number of hydrogen-bond donors (Lipinski definition) is 3. The summed E-state index contributed by atoms with van der Waals surface area (Å²) in [4.78, 5) is 11.9. The number of carbonyl (C=O) groups is 1. The molecule has 3 N–H and O–H groups in total. The zero-order chi connectivity index (χ0) is 12.3. The minimum absolute atomic E-state index is 0.0191. The van der Waals surface area contributed by atoms with Crippen molar-refractivity contribution >= 4 is 5.91 Å². The highest BCUT2D eigenvalue weighted by molar-refractivity contribution is 5.94. The third-order valence-corrected chi connectivity index (χ3v) is 3.15. The van der Waals surface area contributed by atoms with Crippen molar-refractivity contribution in [3.05, 3.63) is 34.9 Å². The van der Waals surface area contributed by atoms with E-state index in [-0.39, 0.29) is 18.6 Å². The lowest BCUT2D eigenvalue weighted by atomic mass is 10.1. The first-order valence-electron chi connectivity index (χ1n) is 5.98. The van der Waals surface area contributed by atoms with Gasteiger partial charge in [-0.2, -0.15) is 0 Å². The number of benzene rings is 1. The Morgan fingerprint density at radius 1 is 1.47 bits per heavy atom. The van der Waals surface area contributed by atoms with Gasteiger partial charge in [0.2, 0.25) is 0 Å². The van der Waals surface area contributed by atoms with Crippen molar-refractivity contribution in [1.82, 2.24) is 10.6 Å². The fourth-order valence-corrected chi connectivity index (χ4v) is 1.98. The maximum Gasteiger partial charge on any atom is 0.251 e. The Labute approximate surface area is 101 Å². The van der Waals surface area contributed by atoms with Crippen molar-refractivity contribution in [2.45, 2.75) is 32.5 Å². The third-order valence-electron chi connectivity index (χ3n) is 3.15. The van der Waals surface area contributed by atoms with Crippen LogP contribution in [0.2, 0.25) is 0 Å². The molecule has 1 atom stereocenters. The third kappa shape index (κ3) is 2.65. The molecule has 0 saturated carbocycles. The second kappa shape index (κ2) is 5.29. The van der Waals surface area contributed by atoms with Crippen LogP contribution in [0.1, 0.15) is 34.8 Å². The van der Waals surface area contributed by atoms with Gasteiger partial charge in [0.15, 0.2) is 0 Å². The average Bonchev–Trinajstić information content (AvgIpc) is 2.82. The molecule has 1 aliphatic heterocycles. The molecule has 2 rings (SSSR count). The summed E-state index contributed by atoms with van der Waals surface area (Å²) < 4.78 is 0. The van der Waals surface area contributed by atoms with E-state index >= 15 is 0 Å². The molecule has 0 bridgehead atoms. The van der Waals surface area contributed by atoms with Crippen LogP contribution in [0.4, 0.5) is 0 Å². The first kappa shape index (κ1) is 12.1. The summed E-state index contributed by atoms with van der Waals surface area (Å²) in [7, 11) is 0. The Morgan fingerprint density at radius 3 is 2.94 bits per heavy atom. The van der Waals surface area contributed by atoms with E-state index in [1.807, 2.05) is 25.1 Å². The van der Waals surface area contributed by atoms with Crippen LogP contribution in [0.15, 0.2) is 18.2 Å². The molecule has 92 valence electrons. The Kier molecular flexibility index (Phi) is 3.76. The molecule has 17 heavy (non-hydrogen) atoms. The second-order valence-corrected chi connectivity index (χ2v) is 4.35. The van der Waals surface area contributed by atoms with Gasteiger partial charge in [-0.1, -0.05) is 13.0 Å². The molecule has 4 nitrogen and oxygen atoms in total. The van der Waals surface area contributed by atoms with E-state index in [1.165, 1.54) is 11.1 Å². The van der Waals surface area contributed by atoms with Crippen LogP contribution in [0.5, 0.6) is 0 Å². The zero-order valence-corrected chi connectivity index (χ0v) is 9.99. The van der Waals surface area contributed by atoms with Crippen LogP contribution in [0.25, 0.3) is 0 Å². The molecule has 1 aliphatic rings. The highest BCUT2D eigenvalue weighted by atomic mass is 16.3. The number of hydrogen-bond acceptors (Lipinski definition) is 3. The number of amides is 1. The normalized spacial score (nSPS) is 15.4. The van der Waals surface area contributed by atoms with Crippen LogP contribution >= 0.6 is 0 Å². The fraction of sp³-hybridized carbons (Fsp3) is 0.462. The largest absolute Gasteiger partial charge is 0.394 e. The zero-order valence-electron chi connectivity index (χ0n) is 9.99. The standard InChI is InChI=1S/C13H18N2O2/c1-2-12(8-16)15-13(17)9-3-4-10-6-14-7-11(10)5-9/h3-5,12,14,16H,2,6-8H2,1H3,(H,15,17). The predicted octanol–water partition coefficient (Wildman–Crippen LogP) is 0.791. The highest BCUT2D eigenvalue weighted by Crippen LogP contribution is 2.17. The van der Waals surface area contributed by atoms with Crippen molar-refractivity contribution in [1.29, 1.82) is 0 Å². The van der Waals surface area contributed by atoms with Crippen molar-refractivity contribution in [2.75, 3.05) is 6.61 Å². The maximum atomic E-state index is 11.9. The van der Waals surface area contributed by atoms with Crippen LogP contribution in [0, 0.1) is 0 Å². The SMILES string of the molecule is CCC(CO)NC(=O)c1ccc2c(c1)CNC2. The molecule has 0 radical (unpaired) electrons. The molecule has 1 unspecified atom stereocenters. The molecule has 0 spiro atoms. The van der Waals surface area contributed by atoms with E-state index in [0.29, 0.717) is 5.56 Å². The van der Waals surface area contributed by atoms with Gasteiger partial charge < -0.3 is 15.7 Å². The van der Waals surface area contributed by atoms with E-state index in [0.717, 1.165) is 19.5 Å². The Bertz CT molecular complexity index is 414. The van der Waals surface area contributed by atoms with Gasteiger partial charge in [0.25, 0.3) is 5.91 Å². The molecule has 1 aromatic carbocycles. The van der Waals surface area contributed by atoms with E-state index in [2.05, 4.69) is 10.6 Å². The molecular formula is C13H18N2O2. The van der Waals surface area contributed by atoms with Gasteiger partial charge in [-0.15, -0.1) is 0 Å². The minimum Gasteiger partial charge on any atom is -0.394 e. The van der Waals surface area contributed by atoms with Gasteiger partial charge >= 0.3 is 0 Å². The monoisotopic (exact) mass is 234 g/mol. The molecule has 0 aliphatic carbocycles. The maximum absolute atomic E-state index is 11.9. The quantitative estimate of drug-likeness (QED) is 0.722. The van der Waals surface area contributed by atoms with Gasteiger partial charge in [-0.3, -0.25) is 4.79 Å². The Hall–Kier alpha value is -1.39. The van der Waals surface area contributed by atoms with Crippen LogP contribution < -0.4 is 10.6 Å². The molecule has 0 fully saturated rings. The highest BCUT2D eigenvalue weighted by Gasteiger charge is 2.15. The fourth-order valence-electron chi connectivity index (χ4n) is 1.98. The first-order chi connectivity index (χ1) is 8.24. The molecule has 1 heterocycles. The van der Waals surface area contributed by atoms with Gasteiger partial charge in [0, 0.05) is 18.7 Å². The van der Waals surface area contributed by atoms with Gasteiger partial charge in [0.05, 0.1) is 12.6 Å². The number of rotatable bonds is 4. The van der Waals surface area contributed by atoms with Gasteiger partial charge in [0.1, 0.15) is 0 Å².